The summed E-state index contributed by atoms with van der Waals surface area (Å²) < 4.78 is 8.05. The molecule has 30 heavy (non-hydrogen) atoms. The van der Waals surface area contributed by atoms with Crippen LogP contribution in [0.25, 0.3) is 10.9 Å². The molecule has 0 atom stereocenters. The third-order valence-corrected chi connectivity index (χ3v) is 5.78. The first-order valence-corrected chi connectivity index (χ1v) is 10.6. The largest absolute Gasteiger partial charge is 0.506 e. The minimum atomic E-state index is -0.374. The van der Waals surface area contributed by atoms with Gasteiger partial charge in [-0.3, -0.25) is 0 Å². The number of para-hydroxylation sites is 1. The van der Waals surface area contributed by atoms with Crippen LogP contribution < -0.4 is 4.90 Å². The first-order chi connectivity index (χ1) is 14.3. The van der Waals surface area contributed by atoms with Crippen LogP contribution in [-0.4, -0.2) is 48.3 Å². The van der Waals surface area contributed by atoms with Crippen molar-refractivity contribution < 1.29 is 14.6 Å². The van der Waals surface area contributed by atoms with E-state index in [1.165, 1.54) is 0 Å². The lowest BCUT2D eigenvalue weighted by Gasteiger charge is -2.20. The fourth-order valence-corrected chi connectivity index (χ4v) is 4.21. The number of rotatable bonds is 7. The summed E-state index contributed by atoms with van der Waals surface area (Å²) in [5, 5.41) is 11.5. The third-order valence-electron chi connectivity index (χ3n) is 5.18. The highest BCUT2D eigenvalue weighted by atomic mass is 79.9. The number of halogens is 1. The summed E-state index contributed by atoms with van der Waals surface area (Å²) in [6.07, 6.45) is 0. The normalized spacial score (nSPS) is 11.3. The zero-order chi connectivity index (χ0) is 22.0. The number of esters is 1. The molecule has 0 amide bonds. The molecule has 3 aromatic rings. The van der Waals surface area contributed by atoms with E-state index in [2.05, 4.69) is 20.8 Å². The van der Waals surface area contributed by atoms with Gasteiger partial charge in [0, 0.05) is 37.3 Å². The number of anilines is 1. The van der Waals surface area contributed by atoms with Crippen molar-refractivity contribution in [1.29, 1.82) is 0 Å². The SMILES string of the molecule is CCOC(=O)c1c(CN(C)c2ccccc2)n(C)c2cc(Br)c(O)c(CN(C)C)c12. The maximum Gasteiger partial charge on any atom is 0.340 e. The lowest BCUT2D eigenvalue weighted by Crippen LogP contribution is -2.21. The maximum atomic E-state index is 13.1. The summed E-state index contributed by atoms with van der Waals surface area (Å²) in [4.78, 5) is 17.1. The van der Waals surface area contributed by atoms with Crippen LogP contribution in [-0.2, 0) is 24.9 Å². The molecular weight excluding hydrogens is 446 g/mol. The van der Waals surface area contributed by atoms with Gasteiger partial charge in [-0.25, -0.2) is 4.79 Å². The Morgan fingerprint density at radius 3 is 2.43 bits per heavy atom. The van der Waals surface area contributed by atoms with Gasteiger partial charge in [0.05, 0.1) is 34.4 Å². The van der Waals surface area contributed by atoms with E-state index >= 15 is 0 Å². The Labute approximate surface area is 185 Å². The number of aryl methyl sites for hydroxylation is 1. The number of carbonyl (C=O) groups excluding carboxylic acids is 1. The number of phenolic OH excluding ortho intramolecular Hbond substituents is 1. The number of carbonyl (C=O) groups is 1. The number of aromatic hydroxyl groups is 1. The van der Waals surface area contributed by atoms with Gasteiger partial charge in [0.2, 0.25) is 0 Å². The second kappa shape index (κ2) is 9.10. The fraction of sp³-hybridized carbons (Fsp3) is 0.348. The van der Waals surface area contributed by atoms with Gasteiger partial charge in [0.25, 0.3) is 0 Å². The number of phenols is 1. The van der Waals surface area contributed by atoms with Crippen molar-refractivity contribution in [3.63, 3.8) is 0 Å². The Bertz CT molecular complexity index is 1060. The number of benzene rings is 2. The van der Waals surface area contributed by atoms with Crippen LogP contribution in [0.3, 0.4) is 0 Å². The molecule has 1 heterocycles. The molecule has 2 aromatic carbocycles. The summed E-state index contributed by atoms with van der Waals surface area (Å²) in [5.41, 5.74) is 3.98. The van der Waals surface area contributed by atoms with E-state index < -0.39 is 0 Å². The molecule has 0 aliphatic rings. The van der Waals surface area contributed by atoms with Crippen molar-refractivity contribution >= 4 is 38.5 Å². The van der Waals surface area contributed by atoms with Crippen molar-refractivity contribution in [1.82, 2.24) is 9.47 Å². The third kappa shape index (κ3) is 4.18. The average Bonchev–Trinajstić information content (AvgIpc) is 2.98. The Hall–Kier alpha value is -2.51. The molecule has 0 unspecified atom stereocenters. The Kier molecular flexibility index (Phi) is 6.73. The van der Waals surface area contributed by atoms with Gasteiger partial charge in [-0.1, -0.05) is 18.2 Å². The molecule has 0 saturated carbocycles. The van der Waals surface area contributed by atoms with E-state index in [0.29, 0.717) is 28.7 Å². The van der Waals surface area contributed by atoms with Crippen LogP contribution in [0.5, 0.6) is 5.75 Å². The van der Waals surface area contributed by atoms with E-state index in [1.54, 1.807) is 6.92 Å². The monoisotopic (exact) mass is 473 g/mol. The minimum Gasteiger partial charge on any atom is -0.506 e. The van der Waals surface area contributed by atoms with Crippen molar-refractivity contribution in [3.8, 4) is 5.75 Å². The number of ether oxygens (including phenoxy) is 1. The van der Waals surface area contributed by atoms with Crippen molar-refractivity contribution in [2.75, 3.05) is 32.6 Å². The van der Waals surface area contributed by atoms with Crippen LogP contribution in [0, 0.1) is 0 Å². The first-order valence-electron chi connectivity index (χ1n) is 9.85. The number of aromatic nitrogens is 1. The summed E-state index contributed by atoms with van der Waals surface area (Å²) >= 11 is 3.47. The van der Waals surface area contributed by atoms with Gasteiger partial charge in [-0.05, 0) is 55.1 Å². The molecule has 0 saturated heterocycles. The zero-order valence-electron chi connectivity index (χ0n) is 18.1. The van der Waals surface area contributed by atoms with Crippen molar-refractivity contribution in [3.05, 3.63) is 57.7 Å². The highest BCUT2D eigenvalue weighted by Gasteiger charge is 2.28. The maximum absolute atomic E-state index is 13.1. The molecule has 0 aliphatic heterocycles. The second-order valence-corrected chi connectivity index (χ2v) is 8.46. The molecule has 0 fully saturated rings. The molecule has 1 N–H and O–H groups in total. The summed E-state index contributed by atoms with van der Waals surface area (Å²) in [6.45, 7) is 3.09. The molecule has 6 nitrogen and oxygen atoms in total. The van der Waals surface area contributed by atoms with Crippen LogP contribution in [0.2, 0.25) is 0 Å². The van der Waals surface area contributed by atoms with Crippen LogP contribution in [0.15, 0.2) is 40.9 Å². The lowest BCUT2D eigenvalue weighted by molar-refractivity contribution is 0.0527. The Morgan fingerprint density at radius 1 is 1.17 bits per heavy atom. The zero-order valence-corrected chi connectivity index (χ0v) is 19.7. The molecule has 3 rings (SSSR count). The van der Waals surface area contributed by atoms with E-state index in [9.17, 15) is 9.90 Å². The number of hydrogen-bond donors (Lipinski definition) is 1. The van der Waals surface area contributed by atoms with Gasteiger partial charge in [0.15, 0.2) is 0 Å². The second-order valence-electron chi connectivity index (χ2n) is 7.61. The van der Waals surface area contributed by atoms with Crippen LogP contribution >= 0.6 is 15.9 Å². The molecule has 7 heteroatoms. The summed E-state index contributed by atoms with van der Waals surface area (Å²) in [6, 6.07) is 11.9. The van der Waals surface area contributed by atoms with Gasteiger partial charge in [-0.15, -0.1) is 0 Å². The molecular formula is C23H28BrN3O3. The highest BCUT2D eigenvalue weighted by Crippen LogP contribution is 2.40. The number of nitrogens with zero attached hydrogens (tertiary/aromatic N) is 3. The Morgan fingerprint density at radius 2 is 1.83 bits per heavy atom. The predicted molar refractivity (Wildman–Crippen MR) is 124 cm³/mol. The van der Waals surface area contributed by atoms with Gasteiger partial charge in [0.1, 0.15) is 5.75 Å². The van der Waals surface area contributed by atoms with E-state index in [1.807, 2.05) is 74.1 Å². The van der Waals surface area contributed by atoms with E-state index in [0.717, 1.165) is 22.3 Å². The molecule has 0 radical (unpaired) electrons. The molecule has 0 spiro atoms. The van der Waals surface area contributed by atoms with Crippen LogP contribution in [0.4, 0.5) is 5.69 Å². The van der Waals surface area contributed by atoms with Crippen LogP contribution in [0.1, 0.15) is 28.5 Å². The lowest BCUT2D eigenvalue weighted by atomic mass is 10.0. The smallest absolute Gasteiger partial charge is 0.340 e. The van der Waals surface area contributed by atoms with Gasteiger partial charge < -0.3 is 24.2 Å². The number of hydrogen-bond acceptors (Lipinski definition) is 5. The fourth-order valence-electron chi connectivity index (χ4n) is 3.76. The summed E-state index contributed by atoms with van der Waals surface area (Å²) in [7, 11) is 7.81. The minimum absolute atomic E-state index is 0.148. The van der Waals surface area contributed by atoms with Crippen molar-refractivity contribution in [2.24, 2.45) is 7.05 Å². The molecule has 0 aliphatic carbocycles. The topological polar surface area (TPSA) is 57.9 Å². The Balaban J connectivity index is 2.26. The molecule has 0 bridgehead atoms. The molecule has 1 aromatic heterocycles. The van der Waals surface area contributed by atoms with Crippen molar-refractivity contribution in [2.45, 2.75) is 20.0 Å². The standard InChI is InChI=1S/C23H28BrN3O3/c1-6-30-23(29)21-19(14-26(4)15-10-8-7-9-11-15)27(5)18-12-17(24)22(28)16(20(18)21)13-25(2)3/h7-12,28H,6,13-14H2,1-5H3. The summed E-state index contributed by atoms with van der Waals surface area (Å²) in [5.74, 6) is -0.225. The highest BCUT2D eigenvalue weighted by molar-refractivity contribution is 9.10. The first kappa shape index (κ1) is 22.2. The average molecular weight is 474 g/mol. The van der Waals surface area contributed by atoms with E-state index in [4.69, 9.17) is 4.74 Å². The molecule has 160 valence electrons. The quantitative estimate of drug-likeness (QED) is 0.511. The van der Waals surface area contributed by atoms with E-state index in [-0.39, 0.29) is 18.3 Å². The van der Waals surface area contributed by atoms with Gasteiger partial charge >= 0.3 is 5.97 Å². The predicted octanol–water partition coefficient (Wildman–Crippen LogP) is 4.52. The number of fused-ring (bicyclic) bond motifs is 1. The van der Waals surface area contributed by atoms with Gasteiger partial charge in [-0.2, -0.15) is 0 Å².